The first-order valence-corrected chi connectivity index (χ1v) is 7.08. The standard InChI is InChI=1S/2C9H8N2/c2*1-7-8-4-2-3-5-9(8)11-6-10-7/h2*2-6H,1H3. The Bertz CT molecular complexity index is 831. The van der Waals surface area contributed by atoms with Crippen LogP contribution in [0.3, 0.4) is 0 Å². The average molecular weight is 288 g/mol. The van der Waals surface area contributed by atoms with Gasteiger partial charge >= 0.3 is 0 Å². The molecule has 0 aliphatic carbocycles. The molecular weight excluding hydrogens is 272 g/mol. The van der Waals surface area contributed by atoms with E-state index >= 15 is 0 Å². The first kappa shape index (κ1) is 14.1. The Kier molecular flexibility index (Phi) is 4.01. The van der Waals surface area contributed by atoms with Crippen molar-refractivity contribution in [2.45, 2.75) is 13.8 Å². The van der Waals surface area contributed by atoms with Crippen LogP contribution in [0.2, 0.25) is 0 Å². The first-order valence-electron chi connectivity index (χ1n) is 7.08. The van der Waals surface area contributed by atoms with E-state index < -0.39 is 0 Å². The molecule has 0 saturated carbocycles. The molecular formula is C18H16N4. The third-order valence-corrected chi connectivity index (χ3v) is 3.48. The van der Waals surface area contributed by atoms with Gasteiger partial charge in [-0.3, -0.25) is 0 Å². The minimum absolute atomic E-state index is 1.01. The van der Waals surface area contributed by atoms with Crippen LogP contribution < -0.4 is 0 Å². The number of aryl methyl sites for hydroxylation is 2. The summed E-state index contributed by atoms with van der Waals surface area (Å²) in [5.41, 5.74) is 4.10. The van der Waals surface area contributed by atoms with Gasteiger partial charge in [0, 0.05) is 22.2 Å². The van der Waals surface area contributed by atoms with Crippen molar-refractivity contribution in [1.29, 1.82) is 0 Å². The lowest BCUT2D eigenvalue weighted by Crippen LogP contribution is -1.85. The average Bonchev–Trinajstić information content (AvgIpc) is 2.57. The Morgan fingerprint density at radius 1 is 0.545 bits per heavy atom. The van der Waals surface area contributed by atoms with Crippen molar-refractivity contribution in [2.24, 2.45) is 0 Å². The molecule has 2 aromatic heterocycles. The van der Waals surface area contributed by atoms with Crippen molar-refractivity contribution in [3.05, 3.63) is 72.6 Å². The molecule has 0 radical (unpaired) electrons. The van der Waals surface area contributed by atoms with E-state index in [1.54, 1.807) is 12.7 Å². The van der Waals surface area contributed by atoms with Gasteiger partial charge in [-0.05, 0) is 26.0 Å². The lowest BCUT2D eigenvalue weighted by Gasteiger charge is -1.96. The second kappa shape index (κ2) is 6.26. The second-order valence-electron chi connectivity index (χ2n) is 4.95. The van der Waals surface area contributed by atoms with Crippen molar-refractivity contribution in [3.63, 3.8) is 0 Å². The molecule has 0 fully saturated rings. The third kappa shape index (κ3) is 2.91. The molecule has 2 aromatic carbocycles. The Balaban J connectivity index is 0.000000131. The zero-order chi connectivity index (χ0) is 15.4. The van der Waals surface area contributed by atoms with E-state index in [2.05, 4.69) is 19.9 Å². The molecule has 22 heavy (non-hydrogen) atoms. The third-order valence-electron chi connectivity index (χ3n) is 3.48. The van der Waals surface area contributed by atoms with Gasteiger partial charge in [0.1, 0.15) is 12.7 Å². The smallest absolute Gasteiger partial charge is 0.116 e. The Morgan fingerprint density at radius 3 is 1.36 bits per heavy atom. The van der Waals surface area contributed by atoms with Crippen LogP contribution in [0.15, 0.2) is 61.2 Å². The predicted molar refractivity (Wildman–Crippen MR) is 88.6 cm³/mol. The van der Waals surface area contributed by atoms with Gasteiger partial charge in [0.05, 0.1) is 11.0 Å². The topological polar surface area (TPSA) is 51.6 Å². The summed E-state index contributed by atoms with van der Waals surface area (Å²) in [6, 6.07) is 16.0. The van der Waals surface area contributed by atoms with E-state index in [0.29, 0.717) is 0 Å². The fourth-order valence-electron chi connectivity index (χ4n) is 2.28. The van der Waals surface area contributed by atoms with Gasteiger partial charge in [0.25, 0.3) is 0 Å². The lowest BCUT2D eigenvalue weighted by atomic mass is 10.2. The van der Waals surface area contributed by atoms with Crippen LogP contribution in [-0.2, 0) is 0 Å². The molecule has 0 spiro atoms. The van der Waals surface area contributed by atoms with Crippen molar-refractivity contribution < 1.29 is 0 Å². The molecule has 108 valence electrons. The molecule has 0 bridgehead atoms. The molecule has 4 rings (SSSR count). The van der Waals surface area contributed by atoms with Gasteiger partial charge in [-0.2, -0.15) is 0 Å². The van der Waals surface area contributed by atoms with E-state index in [4.69, 9.17) is 0 Å². The summed E-state index contributed by atoms with van der Waals surface area (Å²) < 4.78 is 0. The first-order chi connectivity index (χ1) is 10.8. The van der Waals surface area contributed by atoms with Crippen molar-refractivity contribution in [1.82, 2.24) is 19.9 Å². The number of aromatic nitrogens is 4. The Morgan fingerprint density at radius 2 is 0.955 bits per heavy atom. The molecule has 0 atom stereocenters. The molecule has 0 N–H and O–H groups in total. The molecule has 4 nitrogen and oxygen atoms in total. The van der Waals surface area contributed by atoms with Gasteiger partial charge in [-0.25, -0.2) is 19.9 Å². The zero-order valence-electron chi connectivity index (χ0n) is 12.6. The molecule has 0 aliphatic heterocycles. The highest BCUT2D eigenvalue weighted by Gasteiger charge is 1.95. The maximum Gasteiger partial charge on any atom is 0.116 e. The van der Waals surface area contributed by atoms with Crippen LogP contribution >= 0.6 is 0 Å². The van der Waals surface area contributed by atoms with Crippen molar-refractivity contribution in [3.8, 4) is 0 Å². The predicted octanol–water partition coefficient (Wildman–Crippen LogP) is 3.88. The van der Waals surface area contributed by atoms with Crippen LogP contribution in [0.1, 0.15) is 11.4 Å². The van der Waals surface area contributed by atoms with E-state index in [9.17, 15) is 0 Å². The lowest BCUT2D eigenvalue weighted by molar-refractivity contribution is 1.15. The normalized spacial score (nSPS) is 10.3. The fourth-order valence-corrected chi connectivity index (χ4v) is 2.28. The number of hydrogen-bond donors (Lipinski definition) is 0. The SMILES string of the molecule is Cc1ncnc2ccccc12.Cc1ncnc2ccccc12. The van der Waals surface area contributed by atoms with Crippen molar-refractivity contribution in [2.75, 3.05) is 0 Å². The highest BCUT2D eigenvalue weighted by Crippen LogP contribution is 2.12. The summed E-state index contributed by atoms with van der Waals surface area (Å²) in [5.74, 6) is 0. The monoisotopic (exact) mass is 288 g/mol. The summed E-state index contributed by atoms with van der Waals surface area (Å²) in [4.78, 5) is 16.5. The minimum atomic E-state index is 1.01. The maximum atomic E-state index is 4.13. The highest BCUT2D eigenvalue weighted by molar-refractivity contribution is 5.80. The quantitative estimate of drug-likeness (QED) is 0.493. The van der Waals surface area contributed by atoms with Crippen LogP contribution in [0.25, 0.3) is 21.8 Å². The minimum Gasteiger partial charge on any atom is -0.241 e. The van der Waals surface area contributed by atoms with Crippen molar-refractivity contribution >= 4 is 21.8 Å². The van der Waals surface area contributed by atoms with Crippen LogP contribution in [0.5, 0.6) is 0 Å². The highest BCUT2D eigenvalue weighted by atomic mass is 14.8. The number of nitrogens with zero attached hydrogens (tertiary/aromatic N) is 4. The summed E-state index contributed by atoms with van der Waals surface area (Å²) in [5, 5.41) is 2.27. The second-order valence-corrected chi connectivity index (χ2v) is 4.95. The number of benzene rings is 2. The molecule has 4 heteroatoms. The fraction of sp³-hybridized carbons (Fsp3) is 0.111. The Labute approximate surface area is 128 Å². The van der Waals surface area contributed by atoms with E-state index in [1.165, 1.54) is 0 Å². The molecule has 0 amide bonds. The van der Waals surface area contributed by atoms with Gasteiger partial charge in [0.15, 0.2) is 0 Å². The molecule has 4 aromatic rings. The molecule has 2 heterocycles. The summed E-state index contributed by atoms with van der Waals surface area (Å²) in [6.45, 7) is 3.98. The van der Waals surface area contributed by atoms with E-state index in [0.717, 1.165) is 33.2 Å². The van der Waals surface area contributed by atoms with Gasteiger partial charge in [-0.15, -0.1) is 0 Å². The number of para-hydroxylation sites is 2. The molecule has 0 aliphatic rings. The summed E-state index contributed by atoms with van der Waals surface area (Å²) >= 11 is 0. The maximum absolute atomic E-state index is 4.13. The van der Waals surface area contributed by atoms with E-state index in [-0.39, 0.29) is 0 Å². The molecule has 0 saturated heterocycles. The number of hydrogen-bond acceptors (Lipinski definition) is 4. The zero-order valence-corrected chi connectivity index (χ0v) is 12.6. The summed E-state index contributed by atoms with van der Waals surface area (Å²) in [7, 11) is 0. The van der Waals surface area contributed by atoms with Gasteiger partial charge in [0.2, 0.25) is 0 Å². The number of fused-ring (bicyclic) bond motifs is 2. The van der Waals surface area contributed by atoms with Crippen LogP contribution in [0.4, 0.5) is 0 Å². The largest absolute Gasteiger partial charge is 0.241 e. The van der Waals surface area contributed by atoms with E-state index in [1.807, 2.05) is 62.4 Å². The van der Waals surface area contributed by atoms with Gasteiger partial charge < -0.3 is 0 Å². The Hall–Kier alpha value is -2.88. The van der Waals surface area contributed by atoms with Crippen LogP contribution in [0, 0.1) is 13.8 Å². The van der Waals surface area contributed by atoms with Gasteiger partial charge in [-0.1, -0.05) is 36.4 Å². The molecule has 0 unspecified atom stereocenters. The summed E-state index contributed by atoms with van der Waals surface area (Å²) in [6.07, 6.45) is 3.19. The number of rotatable bonds is 0. The van der Waals surface area contributed by atoms with Crippen LogP contribution in [-0.4, -0.2) is 19.9 Å².